The zero-order chi connectivity index (χ0) is 12.3. The van der Waals surface area contributed by atoms with Crippen molar-refractivity contribution in [1.29, 1.82) is 0 Å². The molecular formula is C9H8BrF3N2O. The van der Waals surface area contributed by atoms with E-state index in [0.29, 0.717) is 0 Å². The van der Waals surface area contributed by atoms with Crippen molar-refractivity contribution in [2.75, 3.05) is 11.9 Å². The summed E-state index contributed by atoms with van der Waals surface area (Å²) in [6.45, 7) is -0.280. The first-order valence-corrected chi connectivity index (χ1v) is 5.00. The van der Waals surface area contributed by atoms with Crippen molar-refractivity contribution in [3.63, 3.8) is 0 Å². The Morgan fingerprint density at radius 1 is 1.44 bits per heavy atom. The Labute approximate surface area is 97.9 Å². The van der Waals surface area contributed by atoms with E-state index in [0.717, 1.165) is 6.07 Å². The van der Waals surface area contributed by atoms with Gasteiger partial charge < -0.3 is 11.1 Å². The Morgan fingerprint density at radius 3 is 2.56 bits per heavy atom. The molecule has 0 aliphatic carbocycles. The molecule has 1 rings (SSSR count). The number of anilines is 1. The highest BCUT2D eigenvalue weighted by atomic mass is 79.9. The lowest BCUT2D eigenvalue weighted by molar-refractivity contribution is -0.138. The van der Waals surface area contributed by atoms with E-state index in [1.165, 1.54) is 12.1 Å². The van der Waals surface area contributed by atoms with Crippen molar-refractivity contribution in [1.82, 2.24) is 0 Å². The third-order valence-corrected chi connectivity index (χ3v) is 2.43. The van der Waals surface area contributed by atoms with Crippen LogP contribution in [0.5, 0.6) is 0 Å². The standard InChI is InChI=1S/C9H8BrF3N2O/c10-7-2-1-5(15-8(16)4-14)3-6(7)9(11,12)13/h1-3H,4,14H2,(H,15,16). The molecule has 0 unspecified atom stereocenters. The topological polar surface area (TPSA) is 55.1 Å². The van der Waals surface area contributed by atoms with Gasteiger partial charge in [0.25, 0.3) is 0 Å². The summed E-state index contributed by atoms with van der Waals surface area (Å²) < 4.78 is 37.4. The number of nitrogens with one attached hydrogen (secondary N) is 1. The summed E-state index contributed by atoms with van der Waals surface area (Å²) in [4.78, 5) is 10.9. The van der Waals surface area contributed by atoms with Crippen LogP contribution in [0.3, 0.4) is 0 Å². The molecule has 1 aromatic rings. The molecule has 0 spiro atoms. The summed E-state index contributed by atoms with van der Waals surface area (Å²) in [7, 11) is 0. The Morgan fingerprint density at radius 2 is 2.06 bits per heavy atom. The Balaban J connectivity index is 3.03. The van der Waals surface area contributed by atoms with Crippen molar-refractivity contribution >= 4 is 27.5 Å². The molecule has 7 heteroatoms. The highest BCUT2D eigenvalue weighted by Gasteiger charge is 2.33. The van der Waals surface area contributed by atoms with Gasteiger partial charge in [0.05, 0.1) is 12.1 Å². The number of carbonyl (C=O) groups excluding carboxylic acids is 1. The summed E-state index contributed by atoms with van der Waals surface area (Å²) in [5, 5.41) is 2.25. The van der Waals surface area contributed by atoms with Gasteiger partial charge >= 0.3 is 6.18 Å². The molecule has 0 aliphatic rings. The van der Waals surface area contributed by atoms with Crippen molar-refractivity contribution in [2.24, 2.45) is 5.73 Å². The highest BCUT2D eigenvalue weighted by molar-refractivity contribution is 9.10. The van der Waals surface area contributed by atoms with Crippen LogP contribution in [0.2, 0.25) is 0 Å². The summed E-state index contributed by atoms with van der Waals surface area (Å²) in [5.41, 5.74) is 4.25. The van der Waals surface area contributed by atoms with Gasteiger partial charge in [-0.15, -0.1) is 0 Å². The number of rotatable bonds is 2. The smallest absolute Gasteiger partial charge is 0.325 e. The second-order valence-corrected chi connectivity index (χ2v) is 3.80. The average Bonchev–Trinajstić information content (AvgIpc) is 2.19. The van der Waals surface area contributed by atoms with E-state index in [-0.39, 0.29) is 16.7 Å². The number of halogens is 4. The third-order valence-electron chi connectivity index (χ3n) is 1.74. The predicted molar refractivity (Wildman–Crippen MR) is 56.8 cm³/mol. The molecule has 3 N–H and O–H groups in total. The molecule has 1 aromatic carbocycles. The lowest BCUT2D eigenvalue weighted by Gasteiger charge is -2.11. The molecule has 0 aromatic heterocycles. The summed E-state index contributed by atoms with van der Waals surface area (Å²) >= 11 is 2.79. The molecule has 0 radical (unpaired) electrons. The van der Waals surface area contributed by atoms with E-state index in [1.807, 2.05) is 0 Å². The fourth-order valence-corrected chi connectivity index (χ4v) is 1.50. The first-order valence-electron chi connectivity index (χ1n) is 4.21. The van der Waals surface area contributed by atoms with Crippen LogP contribution in [0, 0.1) is 0 Å². The molecule has 0 aliphatic heterocycles. The van der Waals surface area contributed by atoms with Crippen molar-refractivity contribution in [2.45, 2.75) is 6.18 Å². The third kappa shape index (κ3) is 3.21. The lowest BCUT2D eigenvalue weighted by Crippen LogP contribution is -2.22. The number of hydrogen-bond donors (Lipinski definition) is 2. The first kappa shape index (κ1) is 13.0. The van der Waals surface area contributed by atoms with Gasteiger partial charge in [-0.1, -0.05) is 15.9 Å². The van der Waals surface area contributed by atoms with Crippen molar-refractivity contribution < 1.29 is 18.0 Å². The van der Waals surface area contributed by atoms with Gasteiger partial charge in [0.15, 0.2) is 0 Å². The number of nitrogens with two attached hydrogens (primary N) is 1. The highest BCUT2D eigenvalue weighted by Crippen LogP contribution is 2.36. The number of alkyl halides is 3. The van der Waals surface area contributed by atoms with Crippen molar-refractivity contribution in [3.8, 4) is 0 Å². The molecule has 0 bridgehead atoms. The maximum absolute atomic E-state index is 12.5. The van der Waals surface area contributed by atoms with Crippen LogP contribution in [0.1, 0.15) is 5.56 Å². The molecule has 0 heterocycles. The van der Waals surface area contributed by atoms with Gasteiger partial charge in [0.2, 0.25) is 5.91 Å². The predicted octanol–water partition coefficient (Wildman–Crippen LogP) is 2.37. The van der Waals surface area contributed by atoms with Crippen LogP contribution in [-0.2, 0) is 11.0 Å². The fraction of sp³-hybridized carbons (Fsp3) is 0.222. The Bertz CT molecular complexity index is 406. The van der Waals surface area contributed by atoms with Gasteiger partial charge in [-0.05, 0) is 18.2 Å². The molecule has 88 valence electrons. The quantitative estimate of drug-likeness (QED) is 0.880. The summed E-state index contributed by atoms with van der Waals surface area (Å²) in [6, 6.07) is 3.42. The van der Waals surface area contributed by atoms with Crippen LogP contribution >= 0.6 is 15.9 Å². The molecule has 0 fully saturated rings. The second-order valence-electron chi connectivity index (χ2n) is 2.94. The Kier molecular flexibility index (Phi) is 3.93. The minimum Gasteiger partial charge on any atom is -0.325 e. The zero-order valence-electron chi connectivity index (χ0n) is 7.94. The minimum atomic E-state index is -4.47. The molecular weight excluding hydrogens is 289 g/mol. The molecule has 0 atom stereocenters. The van der Waals surface area contributed by atoms with E-state index in [2.05, 4.69) is 21.2 Å². The molecule has 0 saturated carbocycles. The summed E-state index contributed by atoms with van der Waals surface area (Å²) in [6.07, 6.45) is -4.47. The van der Waals surface area contributed by atoms with Gasteiger partial charge in [0.1, 0.15) is 0 Å². The molecule has 1 amide bonds. The molecule has 0 saturated heterocycles. The SMILES string of the molecule is NCC(=O)Nc1ccc(Br)c(C(F)(F)F)c1. The number of amides is 1. The number of carbonyl (C=O) groups is 1. The molecule has 3 nitrogen and oxygen atoms in total. The maximum atomic E-state index is 12.5. The van der Waals surface area contributed by atoms with Gasteiger partial charge in [0, 0.05) is 10.2 Å². The van der Waals surface area contributed by atoms with Crippen LogP contribution in [0.25, 0.3) is 0 Å². The lowest BCUT2D eigenvalue weighted by atomic mass is 10.2. The maximum Gasteiger partial charge on any atom is 0.417 e. The normalized spacial score (nSPS) is 11.3. The van der Waals surface area contributed by atoms with E-state index in [9.17, 15) is 18.0 Å². The minimum absolute atomic E-state index is 0.0611. The van der Waals surface area contributed by atoms with Gasteiger partial charge in [-0.25, -0.2) is 0 Å². The van der Waals surface area contributed by atoms with Crippen LogP contribution in [0.4, 0.5) is 18.9 Å². The Hall–Kier alpha value is -1.08. The molecule has 16 heavy (non-hydrogen) atoms. The second kappa shape index (κ2) is 4.84. The van der Waals surface area contributed by atoms with E-state index >= 15 is 0 Å². The number of hydrogen-bond acceptors (Lipinski definition) is 2. The van der Waals surface area contributed by atoms with Gasteiger partial charge in [-0.2, -0.15) is 13.2 Å². The average molecular weight is 297 g/mol. The summed E-state index contributed by atoms with van der Waals surface area (Å²) in [5.74, 6) is -0.546. The van der Waals surface area contributed by atoms with Gasteiger partial charge in [-0.3, -0.25) is 4.79 Å². The van der Waals surface area contributed by atoms with E-state index in [1.54, 1.807) is 0 Å². The van der Waals surface area contributed by atoms with Crippen LogP contribution < -0.4 is 11.1 Å². The fourth-order valence-electron chi connectivity index (χ4n) is 1.03. The number of benzene rings is 1. The van der Waals surface area contributed by atoms with Crippen LogP contribution in [-0.4, -0.2) is 12.5 Å². The first-order chi connectivity index (χ1) is 7.34. The zero-order valence-corrected chi connectivity index (χ0v) is 9.52. The van der Waals surface area contributed by atoms with E-state index in [4.69, 9.17) is 5.73 Å². The largest absolute Gasteiger partial charge is 0.417 e. The monoisotopic (exact) mass is 296 g/mol. The van der Waals surface area contributed by atoms with Crippen molar-refractivity contribution in [3.05, 3.63) is 28.2 Å². The van der Waals surface area contributed by atoms with E-state index < -0.39 is 17.6 Å². The van der Waals surface area contributed by atoms with Crippen LogP contribution in [0.15, 0.2) is 22.7 Å².